The van der Waals surface area contributed by atoms with Gasteiger partial charge in [0.1, 0.15) is 43.2 Å². The molecule has 4 aromatic rings. The van der Waals surface area contributed by atoms with Crippen LogP contribution in [0.2, 0.25) is 0 Å². The third-order valence-electron chi connectivity index (χ3n) is 13.3. The number of hydrogen-bond acceptors (Lipinski definition) is 12. The molecule has 6 atom stereocenters. The lowest BCUT2D eigenvalue weighted by atomic mass is 9.55. The van der Waals surface area contributed by atoms with E-state index in [9.17, 15) is 14.6 Å². The van der Waals surface area contributed by atoms with Gasteiger partial charge in [-0.25, -0.2) is 9.18 Å². The number of benzene rings is 4. The summed E-state index contributed by atoms with van der Waals surface area (Å²) in [4.78, 5) is 22.6. The van der Waals surface area contributed by atoms with Gasteiger partial charge in [-0.2, -0.15) is 0 Å². The topological polar surface area (TPSA) is 147 Å². The lowest BCUT2D eigenvalue weighted by Crippen LogP contribution is -2.70. The number of carbonyl (C=O) groups excluding carboxylic acids is 1. The zero-order valence-electron chi connectivity index (χ0n) is 38.8. The minimum Gasteiger partial charge on any atom is -0.489 e. The number of aliphatic hydroxyl groups excluding tert-OH is 2. The number of nitrogens with zero attached hydrogens (tertiary/aromatic N) is 2. The Hall–Kier alpha value is -5.93. The first-order valence-corrected chi connectivity index (χ1v) is 23.9. The molecule has 1 amide bonds. The summed E-state index contributed by atoms with van der Waals surface area (Å²) in [5, 5.41) is 24.8. The molecule has 14 heteroatoms. The Bertz CT molecular complexity index is 2380. The Labute approximate surface area is 398 Å². The fraction of sp³-hybridized carbons (Fsp3) is 0.444. The van der Waals surface area contributed by atoms with Crippen LogP contribution in [0.25, 0.3) is 0 Å². The van der Waals surface area contributed by atoms with Crippen molar-refractivity contribution in [3.8, 4) is 23.0 Å². The summed E-state index contributed by atoms with van der Waals surface area (Å²) in [7, 11) is 0. The first-order valence-electron chi connectivity index (χ1n) is 23.9. The second-order valence-electron chi connectivity index (χ2n) is 17.5. The standard InChI is InChI=1S/C54H63FN2O11/c1-3-26-66-54-50(57(33-38-20-22-48-49(29-38)65-36-64-48)53(60)62-28-27-61-34-37-14-6-5-7-15-37)32-46(56-67-4-2)43-30-39(16-10-12-24-58)42(18-11-13-25-59)51(52(43)54)44-31-41(21-23-47(44)68-54)63-35-40-17-8-9-19-45(40)55/h3,5-9,14-15,17,19-23,29-31,39,42,50-52,58-59H,1,4,10-13,16,18,24-28,32-36H2,2H3/t39-,42+,50-,51+,52+,54+/m0/s1. The highest BCUT2D eigenvalue weighted by Crippen LogP contribution is 2.62. The normalized spacial score (nSPS) is 22.6. The molecule has 4 aliphatic rings. The lowest BCUT2D eigenvalue weighted by Gasteiger charge is -2.59. The van der Waals surface area contributed by atoms with Crippen LogP contribution in [-0.2, 0) is 38.8 Å². The van der Waals surface area contributed by atoms with Gasteiger partial charge in [0.2, 0.25) is 12.6 Å². The fourth-order valence-electron chi connectivity index (χ4n) is 10.2. The van der Waals surface area contributed by atoms with E-state index in [2.05, 4.69) is 12.7 Å². The van der Waals surface area contributed by atoms with Crippen molar-refractivity contribution in [2.75, 3.05) is 46.4 Å². The number of amides is 1. The van der Waals surface area contributed by atoms with Crippen LogP contribution in [0.3, 0.4) is 0 Å². The molecule has 0 spiro atoms. The van der Waals surface area contributed by atoms with Gasteiger partial charge in [-0.1, -0.05) is 84.7 Å². The lowest BCUT2D eigenvalue weighted by molar-refractivity contribution is -0.256. The van der Waals surface area contributed by atoms with E-state index in [1.54, 1.807) is 29.2 Å². The van der Waals surface area contributed by atoms with Crippen molar-refractivity contribution in [2.24, 2.45) is 22.9 Å². The molecule has 2 aliphatic heterocycles. The van der Waals surface area contributed by atoms with E-state index in [0.29, 0.717) is 60.3 Å². The maximum atomic E-state index is 15.0. The summed E-state index contributed by atoms with van der Waals surface area (Å²) >= 11 is 0. The van der Waals surface area contributed by atoms with E-state index in [1.807, 2.05) is 73.7 Å². The molecular weight excluding hydrogens is 872 g/mol. The Balaban J connectivity index is 1.25. The Kier molecular flexibility index (Phi) is 16.7. The Morgan fingerprint density at radius 1 is 0.897 bits per heavy atom. The molecular formula is C54H63FN2O11. The van der Waals surface area contributed by atoms with Crippen LogP contribution in [0.15, 0.2) is 120 Å². The van der Waals surface area contributed by atoms with Gasteiger partial charge < -0.3 is 48.2 Å². The second-order valence-corrected chi connectivity index (χ2v) is 17.5. The van der Waals surface area contributed by atoms with Gasteiger partial charge in [0.25, 0.3) is 0 Å². The Morgan fingerprint density at radius 2 is 1.68 bits per heavy atom. The van der Waals surface area contributed by atoms with Crippen molar-refractivity contribution in [1.29, 1.82) is 0 Å². The molecule has 2 heterocycles. The van der Waals surface area contributed by atoms with Crippen LogP contribution >= 0.6 is 0 Å². The molecule has 0 aromatic heterocycles. The Morgan fingerprint density at radius 3 is 2.47 bits per heavy atom. The van der Waals surface area contributed by atoms with Crippen molar-refractivity contribution in [2.45, 2.75) is 89.4 Å². The number of allylic oxidation sites excluding steroid dienone is 1. The van der Waals surface area contributed by atoms with Crippen LogP contribution < -0.4 is 18.9 Å². The average molecular weight is 935 g/mol. The van der Waals surface area contributed by atoms with E-state index < -0.39 is 23.8 Å². The highest BCUT2D eigenvalue weighted by atomic mass is 19.1. The molecule has 1 fully saturated rings. The van der Waals surface area contributed by atoms with Gasteiger partial charge in [-0.3, -0.25) is 4.90 Å². The molecule has 68 heavy (non-hydrogen) atoms. The van der Waals surface area contributed by atoms with Crippen molar-refractivity contribution >= 4 is 11.8 Å². The molecule has 0 saturated heterocycles. The third-order valence-corrected chi connectivity index (χ3v) is 13.3. The number of aliphatic hydroxyl groups is 2. The molecule has 362 valence electrons. The van der Waals surface area contributed by atoms with Gasteiger partial charge in [-0.05, 0) is 97.5 Å². The first-order chi connectivity index (χ1) is 33.4. The second kappa shape index (κ2) is 23.4. The van der Waals surface area contributed by atoms with Crippen LogP contribution in [0.4, 0.5) is 9.18 Å². The number of halogens is 1. The number of hydrogen-bond donors (Lipinski definition) is 2. The number of unbranched alkanes of at least 4 members (excludes halogenated alkanes) is 2. The zero-order chi connectivity index (χ0) is 47.3. The van der Waals surface area contributed by atoms with Crippen LogP contribution in [-0.4, -0.2) is 85.2 Å². The largest absolute Gasteiger partial charge is 0.489 e. The minimum absolute atomic E-state index is 0.0170. The third kappa shape index (κ3) is 11.0. The predicted molar refractivity (Wildman–Crippen MR) is 253 cm³/mol. The maximum Gasteiger partial charge on any atom is 0.410 e. The SMILES string of the molecule is C=CCO[C@@]12Oc3ccc(OCc4ccccc4F)cc3[C@H]3[C@H](CCCCO)[C@@H](CCCCO)C=C(C(=NOCC)C[C@@H]1N(Cc1ccc4c(c1)OCO4)C(=O)OCCOCc1ccccc1)[C@H]32. The van der Waals surface area contributed by atoms with Crippen molar-refractivity contribution in [1.82, 2.24) is 4.90 Å². The van der Waals surface area contributed by atoms with Crippen LogP contribution in [0.5, 0.6) is 23.0 Å². The van der Waals surface area contributed by atoms with Crippen molar-refractivity contribution in [3.63, 3.8) is 0 Å². The molecule has 0 radical (unpaired) electrons. The molecule has 0 unspecified atom stereocenters. The first kappa shape index (κ1) is 48.5. The number of oxime groups is 1. The molecule has 2 N–H and O–H groups in total. The summed E-state index contributed by atoms with van der Waals surface area (Å²) in [6.45, 7) is 7.14. The quantitative estimate of drug-likeness (QED) is 0.0393. The van der Waals surface area contributed by atoms with Gasteiger partial charge >= 0.3 is 6.09 Å². The summed E-state index contributed by atoms with van der Waals surface area (Å²) in [5.41, 5.74) is 4.61. The average Bonchev–Trinajstić information content (AvgIpc) is 3.84. The number of fused-ring (bicyclic) bond motifs is 3. The van der Waals surface area contributed by atoms with E-state index in [1.165, 1.54) is 6.07 Å². The minimum atomic E-state index is -1.54. The van der Waals surface area contributed by atoms with Crippen molar-refractivity contribution < 1.29 is 57.4 Å². The number of rotatable bonds is 24. The van der Waals surface area contributed by atoms with Gasteiger partial charge in [0.05, 0.1) is 31.5 Å². The van der Waals surface area contributed by atoms with E-state index in [0.717, 1.165) is 47.9 Å². The molecule has 8 rings (SSSR count). The number of carbonyl (C=O) groups is 1. The monoisotopic (exact) mass is 934 g/mol. The van der Waals surface area contributed by atoms with E-state index >= 15 is 4.79 Å². The summed E-state index contributed by atoms with van der Waals surface area (Å²) in [5.74, 6) is -0.491. The molecule has 13 nitrogen and oxygen atoms in total. The highest BCUT2D eigenvalue weighted by molar-refractivity contribution is 6.03. The zero-order valence-corrected chi connectivity index (χ0v) is 38.8. The smallest absolute Gasteiger partial charge is 0.410 e. The summed E-state index contributed by atoms with van der Waals surface area (Å²) in [6, 6.07) is 26.7. The number of ether oxygens (including phenoxy) is 7. The summed E-state index contributed by atoms with van der Waals surface area (Å²) < 4.78 is 59.2. The molecule has 2 aliphatic carbocycles. The molecule has 4 aromatic carbocycles. The maximum absolute atomic E-state index is 15.0. The van der Waals surface area contributed by atoms with E-state index in [-0.39, 0.29) is 83.0 Å². The predicted octanol–water partition coefficient (Wildman–Crippen LogP) is 9.64. The van der Waals surface area contributed by atoms with Crippen LogP contribution in [0.1, 0.15) is 80.0 Å². The van der Waals surface area contributed by atoms with Gasteiger partial charge in [-0.15, -0.1) is 6.58 Å². The van der Waals surface area contributed by atoms with Crippen molar-refractivity contribution in [3.05, 3.63) is 143 Å². The highest BCUT2D eigenvalue weighted by Gasteiger charge is 2.65. The molecule has 1 saturated carbocycles. The van der Waals surface area contributed by atoms with Gasteiger partial charge in [0.15, 0.2) is 11.5 Å². The fourth-order valence-corrected chi connectivity index (χ4v) is 10.2. The van der Waals surface area contributed by atoms with E-state index in [4.69, 9.17) is 43.2 Å². The van der Waals surface area contributed by atoms with Crippen LogP contribution in [0, 0.1) is 23.6 Å². The molecule has 0 bridgehead atoms. The summed E-state index contributed by atoms with van der Waals surface area (Å²) in [6.07, 6.45) is 7.88. The van der Waals surface area contributed by atoms with Gasteiger partial charge in [0, 0.05) is 43.2 Å².